The van der Waals surface area contributed by atoms with Crippen molar-refractivity contribution >= 4 is 10.0 Å². The van der Waals surface area contributed by atoms with Crippen molar-refractivity contribution in [2.75, 3.05) is 0 Å². The van der Waals surface area contributed by atoms with E-state index in [1.54, 1.807) is 24.3 Å². The molecule has 0 fully saturated rings. The average Bonchev–Trinajstić information content (AvgIpc) is 2.41. The highest BCUT2D eigenvalue weighted by atomic mass is 32.2. The van der Waals surface area contributed by atoms with Crippen LogP contribution in [-0.2, 0) is 16.6 Å². The standard InChI is InChI=1S/C15H26N2O2S/c1-3-4-5-6-7-13(2)17-12-14-8-10-15(11-9-14)20(16,18)19/h8-11,13,17H,3-7,12H2,1-2H3,(H2,16,18,19). The van der Waals surface area contributed by atoms with Crippen LogP contribution in [0.15, 0.2) is 29.2 Å². The topological polar surface area (TPSA) is 72.2 Å². The van der Waals surface area contributed by atoms with Gasteiger partial charge in [0.25, 0.3) is 0 Å². The average molecular weight is 298 g/mol. The number of primary sulfonamides is 1. The van der Waals surface area contributed by atoms with E-state index in [1.807, 2.05) is 0 Å². The number of nitrogens with two attached hydrogens (primary N) is 1. The van der Waals surface area contributed by atoms with Crippen LogP contribution < -0.4 is 10.5 Å². The number of hydrogen-bond acceptors (Lipinski definition) is 3. The second-order valence-electron chi connectivity index (χ2n) is 5.32. The first-order chi connectivity index (χ1) is 9.43. The highest BCUT2D eigenvalue weighted by molar-refractivity contribution is 7.89. The molecule has 3 N–H and O–H groups in total. The van der Waals surface area contributed by atoms with Crippen LogP contribution in [0.2, 0.25) is 0 Å². The number of nitrogens with one attached hydrogen (secondary N) is 1. The van der Waals surface area contributed by atoms with E-state index in [-0.39, 0.29) is 4.90 Å². The molecule has 0 spiro atoms. The van der Waals surface area contributed by atoms with Crippen molar-refractivity contribution in [3.63, 3.8) is 0 Å². The van der Waals surface area contributed by atoms with E-state index >= 15 is 0 Å². The van der Waals surface area contributed by atoms with E-state index < -0.39 is 10.0 Å². The van der Waals surface area contributed by atoms with E-state index in [0.29, 0.717) is 6.04 Å². The van der Waals surface area contributed by atoms with Crippen molar-refractivity contribution in [2.24, 2.45) is 5.14 Å². The van der Waals surface area contributed by atoms with Gasteiger partial charge in [0.05, 0.1) is 4.90 Å². The van der Waals surface area contributed by atoms with Crippen molar-refractivity contribution in [3.8, 4) is 0 Å². The minimum Gasteiger partial charge on any atom is -0.310 e. The summed E-state index contributed by atoms with van der Waals surface area (Å²) in [5.41, 5.74) is 1.07. The molecular weight excluding hydrogens is 272 g/mol. The summed E-state index contributed by atoms with van der Waals surface area (Å²) in [5, 5.41) is 8.52. The van der Waals surface area contributed by atoms with Crippen LogP contribution >= 0.6 is 0 Å². The molecule has 0 aliphatic rings. The zero-order valence-electron chi connectivity index (χ0n) is 12.4. The number of benzene rings is 1. The molecule has 0 radical (unpaired) electrons. The predicted molar refractivity (Wildman–Crippen MR) is 82.9 cm³/mol. The Bertz CT molecular complexity index is 483. The summed E-state index contributed by atoms with van der Waals surface area (Å²) >= 11 is 0. The Labute approximate surface area is 122 Å². The van der Waals surface area contributed by atoms with Crippen molar-refractivity contribution in [1.29, 1.82) is 0 Å². The molecule has 0 bridgehead atoms. The molecule has 114 valence electrons. The maximum atomic E-state index is 11.1. The fourth-order valence-corrected chi connectivity index (χ4v) is 2.58. The summed E-state index contributed by atoms with van der Waals surface area (Å²) in [5.74, 6) is 0. The third-order valence-electron chi connectivity index (χ3n) is 3.40. The summed E-state index contributed by atoms with van der Waals surface area (Å²) < 4.78 is 22.3. The van der Waals surface area contributed by atoms with Crippen molar-refractivity contribution < 1.29 is 8.42 Å². The third kappa shape index (κ3) is 6.50. The summed E-state index contributed by atoms with van der Waals surface area (Å²) in [4.78, 5) is 0.161. The molecular formula is C15H26N2O2S. The largest absolute Gasteiger partial charge is 0.310 e. The smallest absolute Gasteiger partial charge is 0.238 e. The van der Waals surface area contributed by atoms with Crippen LogP contribution in [0.4, 0.5) is 0 Å². The van der Waals surface area contributed by atoms with Crippen LogP contribution in [-0.4, -0.2) is 14.5 Å². The van der Waals surface area contributed by atoms with Crippen molar-refractivity contribution in [1.82, 2.24) is 5.32 Å². The van der Waals surface area contributed by atoms with Crippen molar-refractivity contribution in [3.05, 3.63) is 29.8 Å². The van der Waals surface area contributed by atoms with E-state index in [4.69, 9.17) is 5.14 Å². The predicted octanol–water partition coefficient (Wildman–Crippen LogP) is 2.78. The van der Waals surface area contributed by atoms with E-state index in [2.05, 4.69) is 19.2 Å². The molecule has 0 aromatic heterocycles. The molecule has 1 aromatic carbocycles. The Kier molecular flexibility index (Phi) is 7.19. The zero-order valence-corrected chi connectivity index (χ0v) is 13.2. The van der Waals surface area contributed by atoms with Crippen LogP contribution in [0.3, 0.4) is 0 Å². The van der Waals surface area contributed by atoms with Crippen molar-refractivity contribution in [2.45, 2.75) is 63.4 Å². The Morgan fingerprint density at radius 3 is 2.35 bits per heavy atom. The van der Waals surface area contributed by atoms with Gasteiger partial charge in [-0.2, -0.15) is 0 Å². The SMILES string of the molecule is CCCCCCC(C)NCc1ccc(S(N)(=O)=O)cc1. The molecule has 20 heavy (non-hydrogen) atoms. The van der Waals surface area contributed by atoms with Crippen LogP contribution in [0.25, 0.3) is 0 Å². The van der Waals surface area contributed by atoms with Gasteiger partial charge in [-0.3, -0.25) is 0 Å². The Morgan fingerprint density at radius 2 is 1.80 bits per heavy atom. The number of rotatable bonds is 9. The van der Waals surface area contributed by atoms with Gasteiger partial charge in [-0.1, -0.05) is 44.7 Å². The third-order valence-corrected chi connectivity index (χ3v) is 4.33. The first-order valence-corrected chi connectivity index (χ1v) is 8.83. The summed E-state index contributed by atoms with van der Waals surface area (Å²) in [6.45, 7) is 5.15. The van der Waals surface area contributed by atoms with E-state index in [9.17, 15) is 8.42 Å². The fourth-order valence-electron chi connectivity index (χ4n) is 2.07. The van der Waals surface area contributed by atoms with Gasteiger partial charge in [0.1, 0.15) is 0 Å². The zero-order chi connectivity index (χ0) is 15.0. The van der Waals surface area contributed by atoms with Gasteiger partial charge in [-0.25, -0.2) is 13.6 Å². The first-order valence-electron chi connectivity index (χ1n) is 7.28. The molecule has 4 nitrogen and oxygen atoms in total. The van der Waals surface area contributed by atoms with Gasteiger partial charge in [-0.05, 0) is 31.0 Å². The lowest BCUT2D eigenvalue weighted by molar-refractivity contribution is 0.482. The Hall–Kier alpha value is -0.910. The molecule has 1 atom stereocenters. The Morgan fingerprint density at radius 1 is 1.15 bits per heavy atom. The molecule has 0 aliphatic carbocycles. The Balaban J connectivity index is 2.35. The maximum Gasteiger partial charge on any atom is 0.238 e. The number of hydrogen-bond donors (Lipinski definition) is 2. The van der Waals surface area contributed by atoms with Gasteiger partial charge in [0.15, 0.2) is 0 Å². The van der Waals surface area contributed by atoms with E-state index in [0.717, 1.165) is 12.1 Å². The summed E-state index contributed by atoms with van der Waals surface area (Å²) in [6, 6.07) is 7.19. The molecule has 0 saturated carbocycles. The highest BCUT2D eigenvalue weighted by Gasteiger charge is 2.07. The number of sulfonamides is 1. The second-order valence-corrected chi connectivity index (χ2v) is 6.88. The minimum absolute atomic E-state index is 0.161. The fraction of sp³-hybridized carbons (Fsp3) is 0.600. The normalized spacial score (nSPS) is 13.3. The second kappa shape index (κ2) is 8.39. The molecule has 1 unspecified atom stereocenters. The van der Waals surface area contributed by atoms with Gasteiger partial charge < -0.3 is 5.32 Å². The van der Waals surface area contributed by atoms with E-state index in [1.165, 1.54) is 32.1 Å². The van der Waals surface area contributed by atoms with Crippen LogP contribution in [0, 0.1) is 0 Å². The lowest BCUT2D eigenvalue weighted by Crippen LogP contribution is -2.25. The maximum absolute atomic E-state index is 11.1. The lowest BCUT2D eigenvalue weighted by atomic mass is 10.1. The number of unbranched alkanes of at least 4 members (excludes halogenated alkanes) is 3. The van der Waals surface area contributed by atoms with Gasteiger partial charge >= 0.3 is 0 Å². The highest BCUT2D eigenvalue weighted by Crippen LogP contribution is 2.10. The lowest BCUT2D eigenvalue weighted by Gasteiger charge is -2.13. The molecule has 0 amide bonds. The quantitative estimate of drug-likeness (QED) is 0.689. The summed E-state index contributed by atoms with van der Waals surface area (Å²) in [6.07, 6.45) is 6.30. The first kappa shape index (κ1) is 17.1. The summed E-state index contributed by atoms with van der Waals surface area (Å²) in [7, 11) is -3.59. The monoisotopic (exact) mass is 298 g/mol. The molecule has 0 heterocycles. The molecule has 1 aromatic rings. The minimum atomic E-state index is -3.59. The molecule has 5 heteroatoms. The molecule has 0 aliphatic heterocycles. The van der Waals surface area contributed by atoms with Crippen LogP contribution in [0.5, 0.6) is 0 Å². The van der Waals surface area contributed by atoms with Gasteiger partial charge in [0.2, 0.25) is 10.0 Å². The van der Waals surface area contributed by atoms with Crippen LogP contribution in [0.1, 0.15) is 51.5 Å². The molecule has 1 rings (SSSR count). The molecule has 0 saturated heterocycles. The van der Waals surface area contributed by atoms with Gasteiger partial charge in [0, 0.05) is 12.6 Å². The van der Waals surface area contributed by atoms with Gasteiger partial charge in [-0.15, -0.1) is 0 Å².